The molecular weight excluding hydrogens is 286 g/mol. The number of carbonyl (C=O) groups is 1. The van der Waals surface area contributed by atoms with Crippen LogP contribution in [0, 0.1) is 10.1 Å². The monoisotopic (exact) mass is 299 g/mol. The van der Waals surface area contributed by atoms with Gasteiger partial charge in [-0.3, -0.25) is 10.1 Å². The number of anilines is 1. The van der Waals surface area contributed by atoms with E-state index < -0.39 is 11.0 Å². The van der Waals surface area contributed by atoms with Gasteiger partial charge in [-0.2, -0.15) is 0 Å². The van der Waals surface area contributed by atoms with Crippen molar-refractivity contribution in [2.24, 2.45) is 0 Å². The van der Waals surface area contributed by atoms with Crippen LogP contribution in [-0.4, -0.2) is 30.2 Å². The molecule has 2 rings (SSSR count). The topological polar surface area (TPSA) is 93.5 Å². The average molecular weight is 300 g/mol. The van der Waals surface area contributed by atoms with Crippen molar-refractivity contribution in [1.82, 2.24) is 5.32 Å². The maximum Gasteiger partial charge on any atom is 0.319 e. The fraction of sp³-hybridized carbons (Fsp3) is 0.417. The molecule has 0 aromatic heterocycles. The van der Waals surface area contributed by atoms with Gasteiger partial charge in [0, 0.05) is 24.9 Å². The highest BCUT2D eigenvalue weighted by Gasteiger charge is 2.17. The Kier molecular flexibility index (Phi) is 4.75. The summed E-state index contributed by atoms with van der Waals surface area (Å²) < 4.78 is 5.37. The van der Waals surface area contributed by atoms with Crippen LogP contribution in [0.4, 0.5) is 16.2 Å². The van der Waals surface area contributed by atoms with Gasteiger partial charge in [-0.25, -0.2) is 4.79 Å². The van der Waals surface area contributed by atoms with Crippen LogP contribution in [0.3, 0.4) is 0 Å². The third-order valence-electron chi connectivity index (χ3n) is 2.91. The second-order valence-corrected chi connectivity index (χ2v) is 4.80. The Labute approximate surface area is 120 Å². The first-order valence-corrected chi connectivity index (χ1v) is 6.54. The van der Waals surface area contributed by atoms with E-state index in [1.165, 1.54) is 18.2 Å². The van der Waals surface area contributed by atoms with Gasteiger partial charge >= 0.3 is 6.03 Å². The maximum atomic E-state index is 11.7. The molecule has 7 nitrogen and oxygen atoms in total. The molecule has 0 spiro atoms. The number of halogens is 1. The molecule has 1 fully saturated rings. The van der Waals surface area contributed by atoms with E-state index in [-0.39, 0.29) is 16.8 Å². The molecule has 2 amide bonds. The molecule has 20 heavy (non-hydrogen) atoms. The van der Waals surface area contributed by atoms with Gasteiger partial charge in [0.15, 0.2) is 0 Å². The van der Waals surface area contributed by atoms with Gasteiger partial charge in [-0.1, -0.05) is 11.6 Å². The van der Waals surface area contributed by atoms with E-state index in [4.69, 9.17) is 16.3 Å². The number of hydrogen-bond donors (Lipinski definition) is 2. The molecule has 1 aromatic carbocycles. The largest absolute Gasteiger partial charge is 0.376 e. The summed E-state index contributed by atoms with van der Waals surface area (Å²) in [7, 11) is 0. The summed E-state index contributed by atoms with van der Waals surface area (Å²) in [6.45, 7) is 1.14. The molecule has 2 N–H and O–H groups in total. The molecule has 1 saturated heterocycles. The number of urea groups is 1. The lowest BCUT2D eigenvalue weighted by molar-refractivity contribution is -0.384. The van der Waals surface area contributed by atoms with Crippen LogP contribution in [-0.2, 0) is 4.74 Å². The van der Waals surface area contributed by atoms with Crippen LogP contribution < -0.4 is 10.6 Å². The van der Waals surface area contributed by atoms with Gasteiger partial charge in [0.05, 0.1) is 11.0 Å². The Balaban J connectivity index is 1.90. The van der Waals surface area contributed by atoms with Crippen molar-refractivity contribution in [3.63, 3.8) is 0 Å². The molecule has 1 heterocycles. The van der Waals surface area contributed by atoms with Crippen molar-refractivity contribution in [3.05, 3.63) is 33.3 Å². The molecule has 0 aliphatic carbocycles. The van der Waals surface area contributed by atoms with Crippen molar-refractivity contribution in [1.29, 1.82) is 0 Å². The van der Waals surface area contributed by atoms with Crippen molar-refractivity contribution < 1.29 is 14.5 Å². The Morgan fingerprint density at radius 2 is 2.35 bits per heavy atom. The highest BCUT2D eigenvalue weighted by molar-refractivity contribution is 6.32. The summed E-state index contributed by atoms with van der Waals surface area (Å²) >= 11 is 5.69. The van der Waals surface area contributed by atoms with Crippen molar-refractivity contribution >= 4 is 29.0 Å². The van der Waals surface area contributed by atoms with Gasteiger partial charge in [0.1, 0.15) is 5.02 Å². The SMILES string of the molecule is O=C(NC[C@@H]1CCCO1)Nc1ccc(Cl)c([N+](=O)[O-])c1. The van der Waals surface area contributed by atoms with Crippen molar-refractivity contribution in [3.8, 4) is 0 Å². The number of ether oxygens (including phenoxy) is 1. The predicted molar refractivity (Wildman–Crippen MR) is 74.1 cm³/mol. The first kappa shape index (κ1) is 14.5. The van der Waals surface area contributed by atoms with E-state index in [9.17, 15) is 14.9 Å². The fourth-order valence-corrected chi connectivity index (χ4v) is 2.10. The number of rotatable bonds is 4. The van der Waals surface area contributed by atoms with E-state index in [0.29, 0.717) is 12.2 Å². The Hall–Kier alpha value is -1.86. The zero-order chi connectivity index (χ0) is 14.5. The molecule has 1 aliphatic heterocycles. The molecule has 0 unspecified atom stereocenters. The normalized spacial score (nSPS) is 17.8. The third kappa shape index (κ3) is 3.82. The molecule has 0 radical (unpaired) electrons. The van der Waals surface area contributed by atoms with Crippen LogP contribution >= 0.6 is 11.6 Å². The summed E-state index contributed by atoms with van der Waals surface area (Å²) in [5.74, 6) is 0. The number of carbonyl (C=O) groups excluding carboxylic acids is 1. The van der Waals surface area contributed by atoms with Crippen LogP contribution in [0.15, 0.2) is 18.2 Å². The molecule has 1 aromatic rings. The first-order chi connectivity index (χ1) is 9.56. The molecule has 108 valence electrons. The van der Waals surface area contributed by atoms with E-state index >= 15 is 0 Å². The number of benzene rings is 1. The molecule has 1 atom stereocenters. The van der Waals surface area contributed by atoms with Crippen LogP contribution in [0.25, 0.3) is 0 Å². The Morgan fingerprint density at radius 1 is 1.55 bits per heavy atom. The highest BCUT2D eigenvalue weighted by Crippen LogP contribution is 2.27. The second-order valence-electron chi connectivity index (χ2n) is 4.39. The minimum Gasteiger partial charge on any atom is -0.376 e. The van der Waals surface area contributed by atoms with Crippen LogP contribution in [0.2, 0.25) is 5.02 Å². The first-order valence-electron chi connectivity index (χ1n) is 6.16. The quantitative estimate of drug-likeness (QED) is 0.660. The Morgan fingerprint density at radius 3 is 3.00 bits per heavy atom. The summed E-state index contributed by atoms with van der Waals surface area (Å²) in [5, 5.41) is 15.9. The predicted octanol–water partition coefficient (Wildman–Crippen LogP) is 2.55. The number of nitro benzene ring substituents is 1. The minimum atomic E-state index is -0.599. The number of nitro groups is 1. The number of hydrogen-bond acceptors (Lipinski definition) is 4. The summed E-state index contributed by atoms with van der Waals surface area (Å²) in [6.07, 6.45) is 1.96. The number of nitrogens with zero attached hydrogens (tertiary/aromatic N) is 1. The van der Waals surface area contributed by atoms with Crippen molar-refractivity contribution in [2.75, 3.05) is 18.5 Å². The Bertz CT molecular complexity index is 517. The number of nitrogens with one attached hydrogen (secondary N) is 2. The average Bonchev–Trinajstić information content (AvgIpc) is 2.91. The third-order valence-corrected chi connectivity index (χ3v) is 3.23. The zero-order valence-corrected chi connectivity index (χ0v) is 11.4. The summed E-state index contributed by atoms with van der Waals surface area (Å²) in [5.41, 5.74) is 0.0644. The van der Waals surface area contributed by atoms with Gasteiger partial charge in [0.2, 0.25) is 0 Å². The highest BCUT2D eigenvalue weighted by atomic mass is 35.5. The van der Waals surface area contributed by atoms with Crippen LogP contribution in [0.1, 0.15) is 12.8 Å². The molecule has 1 aliphatic rings. The van der Waals surface area contributed by atoms with E-state index in [2.05, 4.69) is 10.6 Å². The minimum absolute atomic E-state index is 0.0281. The summed E-state index contributed by atoms with van der Waals surface area (Å²) in [4.78, 5) is 21.8. The molecule has 8 heteroatoms. The van der Waals surface area contributed by atoms with Gasteiger partial charge in [0.25, 0.3) is 5.69 Å². The maximum absolute atomic E-state index is 11.7. The zero-order valence-electron chi connectivity index (χ0n) is 10.6. The standard InChI is InChI=1S/C12H14ClN3O4/c13-10-4-3-8(6-11(10)16(18)19)15-12(17)14-7-9-2-1-5-20-9/h3-4,6,9H,1-2,5,7H2,(H2,14,15,17)/t9-/m0/s1. The lowest BCUT2D eigenvalue weighted by Gasteiger charge is -2.11. The molecular formula is C12H14ClN3O4. The lowest BCUT2D eigenvalue weighted by atomic mass is 10.2. The fourth-order valence-electron chi connectivity index (χ4n) is 1.92. The summed E-state index contributed by atoms with van der Waals surface area (Å²) in [6, 6.07) is 3.65. The second kappa shape index (κ2) is 6.53. The van der Waals surface area contributed by atoms with Gasteiger partial charge in [-0.15, -0.1) is 0 Å². The lowest BCUT2D eigenvalue weighted by Crippen LogP contribution is -2.35. The van der Waals surface area contributed by atoms with Crippen molar-refractivity contribution in [2.45, 2.75) is 18.9 Å². The van der Waals surface area contributed by atoms with E-state index in [0.717, 1.165) is 19.4 Å². The van der Waals surface area contributed by atoms with Gasteiger partial charge < -0.3 is 15.4 Å². The molecule has 0 bridgehead atoms. The number of amides is 2. The van der Waals surface area contributed by atoms with Crippen LogP contribution in [0.5, 0.6) is 0 Å². The van der Waals surface area contributed by atoms with E-state index in [1.807, 2.05) is 0 Å². The molecule has 0 saturated carbocycles. The van der Waals surface area contributed by atoms with E-state index in [1.54, 1.807) is 0 Å². The smallest absolute Gasteiger partial charge is 0.319 e. The van der Waals surface area contributed by atoms with Gasteiger partial charge in [-0.05, 0) is 25.0 Å².